The highest BCUT2D eigenvalue weighted by Crippen LogP contribution is 2.23. The quantitative estimate of drug-likeness (QED) is 0.878. The van der Waals surface area contributed by atoms with Gasteiger partial charge in [-0.1, -0.05) is 12.1 Å². The van der Waals surface area contributed by atoms with E-state index in [4.69, 9.17) is 0 Å². The molecular formula is C15H22FNO2. The molecule has 19 heavy (non-hydrogen) atoms. The van der Waals surface area contributed by atoms with Crippen LogP contribution in [0, 0.1) is 5.82 Å². The molecule has 1 aromatic rings. The molecule has 0 radical (unpaired) electrons. The molecular weight excluding hydrogens is 245 g/mol. The summed E-state index contributed by atoms with van der Waals surface area (Å²) in [6.45, 7) is 4.40. The van der Waals surface area contributed by atoms with Crippen LogP contribution >= 0.6 is 0 Å². The van der Waals surface area contributed by atoms with Crippen LogP contribution in [0.5, 0.6) is 0 Å². The summed E-state index contributed by atoms with van der Waals surface area (Å²) in [6.07, 6.45) is 1.63. The van der Waals surface area contributed by atoms with Crippen LogP contribution in [0.3, 0.4) is 0 Å². The monoisotopic (exact) mass is 267 g/mol. The molecule has 4 heteroatoms. The molecule has 0 saturated carbocycles. The minimum Gasteiger partial charge on any atom is -0.390 e. The number of hydrogen-bond acceptors (Lipinski definition) is 3. The lowest BCUT2D eigenvalue weighted by Gasteiger charge is -2.36. The number of benzene rings is 1. The van der Waals surface area contributed by atoms with Gasteiger partial charge in [-0.25, -0.2) is 4.39 Å². The van der Waals surface area contributed by atoms with Crippen LogP contribution in [0.25, 0.3) is 0 Å². The van der Waals surface area contributed by atoms with E-state index in [0.29, 0.717) is 6.42 Å². The van der Waals surface area contributed by atoms with Gasteiger partial charge >= 0.3 is 0 Å². The largest absolute Gasteiger partial charge is 0.390 e. The van der Waals surface area contributed by atoms with Gasteiger partial charge in [-0.05, 0) is 43.9 Å². The van der Waals surface area contributed by atoms with Crippen molar-refractivity contribution < 1.29 is 14.6 Å². The number of nitrogens with zero attached hydrogens (tertiary/aromatic N) is 1. The van der Waals surface area contributed by atoms with E-state index in [1.807, 2.05) is 6.92 Å². The SMILES string of the molecule is CC1(O)CCN(CCC(O)c2ccc(F)cc2)CC1. The van der Waals surface area contributed by atoms with Gasteiger partial charge in [0.1, 0.15) is 5.82 Å². The van der Waals surface area contributed by atoms with E-state index >= 15 is 0 Å². The normalized spacial score (nSPS) is 21.3. The summed E-state index contributed by atoms with van der Waals surface area (Å²) in [5, 5.41) is 19.9. The maximum atomic E-state index is 12.8. The van der Waals surface area contributed by atoms with Crippen LogP contribution in [0.2, 0.25) is 0 Å². The second kappa shape index (κ2) is 5.99. The van der Waals surface area contributed by atoms with Crippen molar-refractivity contribution in [3.8, 4) is 0 Å². The number of halogens is 1. The average molecular weight is 267 g/mol. The third kappa shape index (κ3) is 4.27. The van der Waals surface area contributed by atoms with Crippen molar-refractivity contribution in [3.63, 3.8) is 0 Å². The summed E-state index contributed by atoms with van der Waals surface area (Å²) in [4.78, 5) is 2.25. The fourth-order valence-electron chi connectivity index (χ4n) is 2.41. The Balaban J connectivity index is 1.78. The molecule has 1 fully saturated rings. The molecule has 1 saturated heterocycles. The van der Waals surface area contributed by atoms with E-state index in [1.165, 1.54) is 12.1 Å². The minimum atomic E-state index is -0.553. The van der Waals surface area contributed by atoms with Crippen LogP contribution in [-0.4, -0.2) is 40.3 Å². The lowest BCUT2D eigenvalue weighted by atomic mass is 9.93. The average Bonchev–Trinajstić information content (AvgIpc) is 2.38. The molecule has 0 aliphatic carbocycles. The van der Waals surface area contributed by atoms with Crippen molar-refractivity contribution in [2.75, 3.05) is 19.6 Å². The fraction of sp³-hybridized carbons (Fsp3) is 0.600. The summed E-state index contributed by atoms with van der Waals surface area (Å²) in [5.74, 6) is -0.283. The topological polar surface area (TPSA) is 43.7 Å². The van der Waals surface area contributed by atoms with Gasteiger partial charge in [0.05, 0.1) is 11.7 Å². The Labute approximate surface area is 113 Å². The van der Waals surface area contributed by atoms with Crippen LogP contribution in [-0.2, 0) is 0 Å². The Morgan fingerprint density at radius 3 is 2.42 bits per heavy atom. The first-order valence-corrected chi connectivity index (χ1v) is 6.84. The third-order valence-electron chi connectivity index (χ3n) is 3.91. The van der Waals surface area contributed by atoms with Gasteiger partial charge in [0.15, 0.2) is 0 Å². The molecule has 0 spiro atoms. The molecule has 3 nitrogen and oxygen atoms in total. The van der Waals surface area contributed by atoms with Gasteiger partial charge in [-0.3, -0.25) is 0 Å². The summed E-state index contributed by atoms with van der Waals surface area (Å²) in [7, 11) is 0. The molecule has 1 aliphatic heterocycles. The number of rotatable bonds is 4. The molecule has 0 amide bonds. The Bertz CT molecular complexity index is 395. The van der Waals surface area contributed by atoms with Crippen molar-refractivity contribution >= 4 is 0 Å². The van der Waals surface area contributed by atoms with Crippen LogP contribution in [0.15, 0.2) is 24.3 Å². The maximum Gasteiger partial charge on any atom is 0.123 e. The highest BCUT2D eigenvalue weighted by Gasteiger charge is 2.27. The van der Waals surface area contributed by atoms with Gasteiger partial charge in [0, 0.05) is 19.6 Å². The number of piperidine rings is 1. The van der Waals surface area contributed by atoms with E-state index in [0.717, 1.165) is 38.0 Å². The van der Waals surface area contributed by atoms with Gasteiger partial charge in [0.25, 0.3) is 0 Å². The van der Waals surface area contributed by atoms with Crippen molar-refractivity contribution in [2.24, 2.45) is 0 Å². The lowest BCUT2D eigenvalue weighted by Crippen LogP contribution is -2.42. The second-order valence-corrected chi connectivity index (χ2v) is 5.69. The molecule has 0 bridgehead atoms. The van der Waals surface area contributed by atoms with Gasteiger partial charge in [-0.2, -0.15) is 0 Å². The summed E-state index contributed by atoms with van der Waals surface area (Å²) in [6, 6.07) is 6.00. The van der Waals surface area contributed by atoms with Gasteiger partial charge in [0.2, 0.25) is 0 Å². The molecule has 2 N–H and O–H groups in total. The van der Waals surface area contributed by atoms with Crippen LogP contribution in [0.4, 0.5) is 4.39 Å². The Morgan fingerprint density at radius 1 is 1.26 bits per heavy atom. The Morgan fingerprint density at radius 2 is 1.84 bits per heavy atom. The standard InChI is InChI=1S/C15H22FNO2/c1-15(19)7-10-17(11-8-15)9-6-14(18)12-2-4-13(16)5-3-12/h2-5,14,18-19H,6-11H2,1H3. The molecule has 106 valence electrons. The zero-order valence-corrected chi connectivity index (χ0v) is 11.3. The van der Waals surface area contributed by atoms with Crippen molar-refractivity contribution in [1.82, 2.24) is 4.90 Å². The Kier molecular flexibility index (Phi) is 4.55. The van der Waals surface area contributed by atoms with E-state index in [9.17, 15) is 14.6 Å². The highest BCUT2D eigenvalue weighted by molar-refractivity contribution is 5.18. The first-order chi connectivity index (χ1) is 8.96. The summed E-state index contributed by atoms with van der Waals surface area (Å²) >= 11 is 0. The zero-order valence-electron chi connectivity index (χ0n) is 11.3. The molecule has 1 atom stereocenters. The lowest BCUT2D eigenvalue weighted by molar-refractivity contribution is -0.00813. The summed E-state index contributed by atoms with van der Waals surface area (Å²) in [5.41, 5.74) is 0.219. The Hall–Kier alpha value is -0.970. The van der Waals surface area contributed by atoms with Crippen molar-refractivity contribution in [3.05, 3.63) is 35.6 Å². The second-order valence-electron chi connectivity index (χ2n) is 5.69. The van der Waals surface area contributed by atoms with E-state index in [-0.39, 0.29) is 5.82 Å². The maximum absolute atomic E-state index is 12.8. The smallest absolute Gasteiger partial charge is 0.123 e. The number of aliphatic hydroxyl groups excluding tert-OH is 1. The number of likely N-dealkylation sites (tertiary alicyclic amines) is 1. The first kappa shape index (κ1) is 14.4. The zero-order chi connectivity index (χ0) is 13.9. The highest BCUT2D eigenvalue weighted by atomic mass is 19.1. The molecule has 1 heterocycles. The van der Waals surface area contributed by atoms with Crippen molar-refractivity contribution in [1.29, 1.82) is 0 Å². The van der Waals surface area contributed by atoms with Gasteiger partial charge in [-0.15, -0.1) is 0 Å². The van der Waals surface area contributed by atoms with E-state index in [2.05, 4.69) is 4.90 Å². The van der Waals surface area contributed by atoms with Gasteiger partial charge < -0.3 is 15.1 Å². The van der Waals surface area contributed by atoms with Crippen LogP contribution in [0.1, 0.15) is 37.9 Å². The molecule has 0 aromatic heterocycles. The van der Waals surface area contributed by atoms with E-state index < -0.39 is 11.7 Å². The van der Waals surface area contributed by atoms with Crippen molar-refractivity contribution in [2.45, 2.75) is 37.9 Å². The predicted molar refractivity (Wildman–Crippen MR) is 72.3 cm³/mol. The predicted octanol–water partition coefficient (Wildman–Crippen LogP) is 2.10. The molecule has 1 aromatic carbocycles. The number of hydrogen-bond donors (Lipinski definition) is 2. The number of aliphatic hydroxyl groups is 2. The summed E-state index contributed by atoms with van der Waals surface area (Å²) < 4.78 is 12.8. The molecule has 1 aliphatic rings. The van der Waals surface area contributed by atoms with E-state index in [1.54, 1.807) is 12.1 Å². The van der Waals surface area contributed by atoms with Crippen LogP contribution < -0.4 is 0 Å². The molecule has 1 unspecified atom stereocenters. The third-order valence-corrected chi connectivity index (χ3v) is 3.91. The first-order valence-electron chi connectivity index (χ1n) is 6.84. The minimum absolute atomic E-state index is 0.283. The fourth-order valence-corrected chi connectivity index (χ4v) is 2.41. The molecule has 2 rings (SSSR count).